The van der Waals surface area contributed by atoms with Gasteiger partial charge in [0.25, 0.3) is 5.56 Å². The molecule has 0 radical (unpaired) electrons. The first-order chi connectivity index (χ1) is 12.2. The van der Waals surface area contributed by atoms with E-state index in [0.717, 1.165) is 28.1 Å². The molecule has 1 atom stereocenters. The van der Waals surface area contributed by atoms with Gasteiger partial charge in [-0.05, 0) is 62.9 Å². The number of nitrogens with one attached hydrogen (secondary N) is 2. The maximum Gasteiger partial charge on any atom is 0.269 e. The highest BCUT2D eigenvalue weighted by atomic mass is 16.3. The lowest BCUT2D eigenvalue weighted by molar-refractivity contribution is -0.122. The van der Waals surface area contributed by atoms with Crippen LogP contribution in [0.4, 0.5) is 0 Å². The highest BCUT2D eigenvalue weighted by Crippen LogP contribution is 2.21. The van der Waals surface area contributed by atoms with Crippen LogP contribution in [0.25, 0.3) is 0 Å². The predicted molar refractivity (Wildman–Crippen MR) is 100 cm³/mol. The summed E-state index contributed by atoms with van der Waals surface area (Å²) in [6.07, 6.45) is 0.721. The van der Waals surface area contributed by atoms with Gasteiger partial charge < -0.3 is 21.1 Å². The number of nitrogens with two attached hydrogens (primary N) is 1. The van der Waals surface area contributed by atoms with E-state index in [1.54, 1.807) is 19.1 Å². The molecule has 5 N–H and O–H groups in total. The standard InChI is InChI=1S/C19H26N4O3/c1-10-7-14(24)8-11(2)15(10)9-16(20)18(25)21-6-5-17-19(26)23-13(4)12(3)22-17/h7-8,16,24H,5-6,9,20H2,1-4H3,(H,21,25)(H,23,26)/t16-/m0/s1. The largest absolute Gasteiger partial charge is 0.508 e. The summed E-state index contributed by atoms with van der Waals surface area (Å²) in [7, 11) is 0. The van der Waals surface area contributed by atoms with E-state index in [4.69, 9.17) is 5.73 Å². The summed E-state index contributed by atoms with van der Waals surface area (Å²) in [6.45, 7) is 7.67. The molecule has 7 nitrogen and oxygen atoms in total. The van der Waals surface area contributed by atoms with Gasteiger partial charge >= 0.3 is 0 Å². The van der Waals surface area contributed by atoms with Crippen LogP contribution >= 0.6 is 0 Å². The number of benzene rings is 1. The Morgan fingerprint density at radius 3 is 2.50 bits per heavy atom. The molecule has 0 saturated carbocycles. The van der Waals surface area contributed by atoms with Gasteiger partial charge in [0.05, 0.1) is 11.7 Å². The van der Waals surface area contributed by atoms with Crippen molar-refractivity contribution in [3.8, 4) is 5.75 Å². The lowest BCUT2D eigenvalue weighted by Gasteiger charge is -2.16. The number of aromatic amines is 1. The van der Waals surface area contributed by atoms with Crippen LogP contribution in [0.5, 0.6) is 5.75 Å². The van der Waals surface area contributed by atoms with E-state index in [2.05, 4.69) is 15.3 Å². The zero-order valence-electron chi connectivity index (χ0n) is 15.6. The third-order valence-electron chi connectivity index (χ3n) is 4.51. The van der Waals surface area contributed by atoms with Crippen molar-refractivity contribution in [2.45, 2.75) is 46.6 Å². The predicted octanol–water partition coefficient (Wildman–Crippen LogP) is 0.938. The van der Waals surface area contributed by atoms with Gasteiger partial charge in [0.1, 0.15) is 11.4 Å². The molecule has 0 bridgehead atoms. The molecule has 7 heteroatoms. The minimum Gasteiger partial charge on any atom is -0.508 e. The summed E-state index contributed by atoms with van der Waals surface area (Å²) in [5.41, 5.74) is 10.4. The molecule has 2 rings (SSSR count). The zero-order chi connectivity index (χ0) is 19.4. The van der Waals surface area contributed by atoms with Crippen molar-refractivity contribution in [1.29, 1.82) is 0 Å². The zero-order valence-corrected chi connectivity index (χ0v) is 15.6. The Balaban J connectivity index is 1.94. The number of carbonyl (C=O) groups is 1. The summed E-state index contributed by atoms with van der Waals surface area (Å²) in [6, 6.07) is 2.61. The number of hydrogen-bond acceptors (Lipinski definition) is 5. The van der Waals surface area contributed by atoms with E-state index < -0.39 is 6.04 Å². The number of aryl methyl sites for hydroxylation is 4. The highest BCUT2D eigenvalue weighted by molar-refractivity contribution is 5.81. The number of aromatic hydroxyl groups is 1. The van der Waals surface area contributed by atoms with Gasteiger partial charge in [-0.15, -0.1) is 0 Å². The van der Waals surface area contributed by atoms with Crippen LogP contribution in [-0.2, 0) is 17.6 Å². The molecule has 0 spiro atoms. The average Bonchev–Trinajstić information content (AvgIpc) is 2.55. The fourth-order valence-electron chi connectivity index (χ4n) is 2.88. The van der Waals surface area contributed by atoms with Crippen LogP contribution in [0.15, 0.2) is 16.9 Å². The topological polar surface area (TPSA) is 121 Å². The van der Waals surface area contributed by atoms with Crippen molar-refractivity contribution in [1.82, 2.24) is 15.3 Å². The van der Waals surface area contributed by atoms with E-state index in [1.165, 1.54) is 0 Å². The Hall–Kier alpha value is -2.67. The number of amides is 1. The molecule has 1 heterocycles. The second-order valence-electron chi connectivity index (χ2n) is 6.63. The lowest BCUT2D eigenvalue weighted by atomic mass is 9.96. The van der Waals surface area contributed by atoms with Gasteiger partial charge in [0.2, 0.25) is 5.91 Å². The highest BCUT2D eigenvalue weighted by Gasteiger charge is 2.17. The van der Waals surface area contributed by atoms with Gasteiger partial charge in [0.15, 0.2) is 0 Å². The molecule has 0 aliphatic heterocycles. The number of carbonyl (C=O) groups excluding carboxylic acids is 1. The fraction of sp³-hybridized carbons (Fsp3) is 0.421. The molecule has 1 aromatic carbocycles. The quantitative estimate of drug-likeness (QED) is 0.612. The summed E-state index contributed by atoms with van der Waals surface area (Å²) in [4.78, 5) is 31.1. The molecule has 1 amide bonds. The molecule has 1 aromatic heterocycles. The Bertz CT molecular complexity index is 851. The number of nitrogens with zero attached hydrogens (tertiary/aromatic N) is 1. The Labute approximate surface area is 152 Å². The molecule has 0 unspecified atom stereocenters. The van der Waals surface area contributed by atoms with E-state index in [1.807, 2.05) is 20.8 Å². The number of phenols is 1. The molecular formula is C19H26N4O3. The summed E-state index contributed by atoms with van der Waals surface area (Å²) >= 11 is 0. The average molecular weight is 358 g/mol. The van der Waals surface area contributed by atoms with Gasteiger partial charge in [-0.25, -0.2) is 0 Å². The number of H-pyrrole nitrogens is 1. The van der Waals surface area contributed by atoms with Gasteiger partial charge in [-0.3, -0.25) is 14.6 Å². The number of hydrogen-bond donors (Lipinski definition) is 4. The molecule has 0 saturated heterocycles. The van der Waals surface area contributed by atoms with Crippen molar-refractivity contribution < 1.29 is 9.90 Å². The molecule has 26 heavy (non-hydrogen) atoms. The van der Waals surface area contributed by atoms with Crippen LogP contribution in [0, 0.1) is 27.7 Å². The van der Waals surface area contributed by atoms with Gasteiger partial charge in [0, 0.05) is 18.7 Å². The third-order valence-corrected chi connectivity index (χ3v) is 4.51. The van der Waals surface area contributed by atoms with Gasteiger partial charge in [-0.2, -0.15) is 0 Å². The maximum absolute atomic E-state index is 12.2. The van der Waals surface area contributed by atoms with Crippen LogP contribution < -0.4 is 16.6 Å². The first kappa shape index (κ1) is 19.7. The van der Waals surface area contributed by atoms with Crippen molar-refractivity contribution in [2.75, 3.05) is 6.54 Å². The van der Waals surface area contributed by atoms with Crippen molar-refractivity contribution in [3.05, 3.63) is 56.3 Å². The molecule has 140 valence electrons. The summed E-state index contributed by atoms with van der Waals surface area (Å²) in [5, 5.41) is 12.4. The first-order valence-corrected chi connectivity index (χ1v) is 8.57. The molecule has 0 aliphatic rings. The Kier molecular flexibility index (Phi) is 6.15. The maximum atomic E-state index is 12.2. The SMILES string of the molecule is Cc1cc(O)cc(C)c1C[C@H](N)C(=O)NCCc1nc(C)c(C)[nH]c1=O. The van der Waals surface area contributed by atoms with E-state index in [-0.39, 0.29) is 17.2 Å². The second-order valence-corrected chi connectivity index (χ2v) is 6.63. The Morgan fingerprint density at radius 2 is 1.88 bits per heavy atom. The minimum atomic E-state index is -0.706. The fourth-order valence-corrected chi connectivity index (χ4v) is 2.88. The van der Waals surface area contributed by atoms with Crippen molar-refractivity contribution in [3.63, 3.8) is 0 Å². The molecule has 0 aliphatic carbocycles. The van der Waals surface area contributed by atoms with Crippen LogP contribution in [-0.4, -0.2) is 33.6 Å². The molecular weight excluding hydrogens is 332 g/mol. The minimum absolute atomic E-state index is 0.202. The Morgan fingerprint density at radius 1 is 1.27 bits per heavy atom. The van der Waals surface area contributed by atoms with E-state index >= 15 is 0 Å². The number of phenolic OH excluding ortho intramolecular Hbond substituents is 1. The lowest BCUT2D eigenvalue weighted by Crippen LogP contribution is -2.43. The third kappa shape index (κ3) is 4.70. The first-order valence-electron chi connectivity index (χ1n) is 8.57. The van der Waals surface area contributed by atoms with Crippen molar-refractivity contribution >= 4 is 5.91 Å². The summed E-state index contributed by atoms with van der Waals surface area (Å²) < 4.78 is 0. The van der Waals surface area contributed by atoms with Crippen LogP contribution in [0.3, 0.4) is 0 Å². The monoisotopic (exact) mass is 358 g/mol. The molecule has 2 aromatic rings. The van der Waals surface area contributed by atoms with Crippen LogP contribution in [0.2, 0.25) is 0 Å². The smallest absolute Gasteiger partial charge is 0.269 e. The van der Waals surface area contributed by atoms with E-state index in [0.29, 0.717) is 25.1 Å². The summed E-state index contributed by atoms with van der Waals surface area (Å²) in [5.74, 6) is -0.0787. The van der Waals surface area contributed by atoms with Crippen LogP contribution in [0.1, 0.15) is 33.8 Å². The van der Waals surface area contributed by atoms with Gasteiger partial charge in [-0.1, -0.05) is 0 Å². The number of rotatable bonds is 6. The normalized spacial score (nSPS) is 12.0. The second kappa shape index (κ2) is 8.14. The molecule has 0 fully saturated rings. The van der Waals surface area contributed by atoms with E-state index in [9.17, 15) is 14.7 Å². The van der Waals surface area contributed by atoms with Crippen molar-refractivity contribution in [2.24, 2.45) is 5.73 Å². The number of aromatic nitrogens is 2.